The molecule has 5 heteroatoms. The summed E-state index contributed by atoms with van der Waals surface area (Å²) in [7, 11) is 0. The Morgan fingerprint density at radius 3 is 2.13 bits per heavy atom. The van der Waals surface area contributed by atoms with Crippen molar-refractivity contribution < 1.29 is 10.2 Å². The zero-order valence-corrected chi connectivity index (χ0v) is 9.20. The minimum atomic E-state index is -0.184. The standard InChI is InChI=1S/C10H16N2O2.ClH/c11-3-1-2-10(12)7-4-8(13)6-9(14)5-7;/h4-6,10,13-14H,1-3,11-12H2;1H/t10-;/m1./s1. The predicted molar refractivity (Wildman–Crippen MR) is 62.2 cm³/mol. The molecule has 15 heavy (non-hydrogen) atoms. The average Bonchev–Trinajstić information content (AvgIpc) is 2.12. The second-order valence-electron chi connectivity index (χ2n) is 3.32. The van der Waals surface area contributed by atoms with Crippen LogP contribution in [0, 0.1) is 0 Å². The first-order valence-electron chi connectivity index (χ1n) is 4.62. The first-order valence-corrected chi connectivity index (χ1v) is 4.62. The fourth-order valence-electron chi connectivity index (χ4n) is 1.34. The van der Waals surface area contributed by atoms with E-state index in [1.807, 2.05) is 0 Å². The summed E-state index contributed by atoms with van der Waals surface area (Å²) in [5.74, 6) is 0.0615. The fraction of sp³-hybridized carbons (Fsp3) is 0.400. The molecule has 1 rings (SSSR count). The van der Waals surface area contributed by atoms with Gasteiger partial charge < -0.3 is 21.7 Å². The molecular weight excluding hydrogens is 216 g/mol. The molecule has 0 aliphatic carbocycles. The second-order valence-corrected chi connectivity index (χ2v) is 3.32. The molecular formula is C10H17ClN2O2. The summed E-state index contributed by atoms with van der Waals surface area (Å²) in [6, 6.07) is 4.21. The maximum absolute atomic E-state index is 9.23. The molecule has 1 atom stereocenters. The molecule has 1 aromatic carbocycles. The Kier molecular flexibility index (Phi) is 6.08. The van der Waals surface area contributed by atoms with Gasteiger partial charge in [0.1, 0.15) is 11.5 Å². The zero-order chi connectivity index (χ0) is 10.6. The van der Waals surface area contributed by atoms with Gasteiger partial charge in [0.15, 0.2) is 0 Å². The number of hydrogen-bond donors (Lipinski definition) is 4. The SMILES string of the molecule is Cl.NCCC[C@@H](N)c1cc(O)cc(O)c1. The number of benzene rings is 1. The Hall–Kier alpha value is -0.970. The van der Waals surface area contributed by atoms with Crippen LogP contribution in [0.25, 0.3) is 0 Å². The van der Waals surface area contributed by atoms with Crippen molar-refractivity contribution in [2.45, 2.75) is 18.9 Å². The van der Waals surface area contributed by atoms with Gasteiger partial charge in [0.2, 0.25) is 0 Å². The van der Waals surface area contributed by atoms with E-state index in [4.69, 9.17) is 11.5 Å². The summed E-state index contributed by atoms with van der Waals surface area (Å²) in [6.07, 6.45) is 1.58. The van der Waals surface area contributed by atoms with Crippen molar-refractivity contribution in [1.82, 2.24) is 0 Å². The van der Waals surface area contributed by atoms with E-state index in [2.05, 4.69) is 0 Å². The van der Waals surface area contributed by atoms with Gasteiger partial charge in [-0.1, -0.05) is 0 Å². The summed E-state index contributed by atoms with van der Waals surface area (Å²) in [5, 5.41) is 18.5. The van der Waals surface area contributed by atoms with E-state index in [1.165, 1.54) is 6.07 Å². The Labute approximate surface area is 95.3 Å². The molecule has 0 radical (unpaired) electrons. The maximum Gasteiger partial charge on any atom is 0.119 e. The predicted octanol–water partition coefficient (Wildman–Crippen LogP) is 1.26. The third-order valence-electron chi connectivity index (χ3n) is 2.07. The van der Waals surface area contributed by atoms with Crippen molar-refractivity contribution in [3.8, 4) is 11.5 Å². The minimum absolute atomic E-state index is 0. The van der Waals surface area contributed by atoms with E-state index in [9.17, 15) is 10.2 Å². The third-order valence-corrected chi connectivity index (χ3v) is 2.07. The van der Waals surface area contributed by atoms with E-state index in [0.717, 1.165) is 18.4 Å². The molecule has 86 valence electrons. The molecule has 0 unspecified atom stereocenters. The van der Waals surface area contributed by atoms with Crippen LogP contribution in [0.4, 0.5) is 0 Å². The Balaban J connectivity index is 0.00000196. The fourth-order valence-corrected chi connectivity index (χ4v) is 1.34. The molecule has 1 aromatic rings. The van der Waals surface area contributed by atoms with Crippen LogP contribution in [0.2, 0.25) is 0 Å². The largest absolute Gasteiger partial charge is 0.508 e. The highest BCUT2D eigenvalue weighted by molar-refractivity contribution is 5.85. The first kappa shape index (κ1) is 14.0. The molecule has 0 amide bonds. The number of phenols is 2. The number of rotatable bonds is 4. The normalized spacial score (nSPS) is 11.9. The molecule has 0 aromatic heterocycles. The summed E-state index contributed by atoms with van der Waals surface area (Å²) >= 11 is 0. The third kappa shape index (κ3) is 4.38. The molecule has 4 nitrogen and oxygen atoms in total. The highest BCUT2D eigenvalue weighted by atomic mass is 35.5. The summed E-state index contributed by atoms with van der Waals surface area (Å²) < 4.78 is 0. The van der Waals surface area contributed by atoms with Crippen LogP contribution in [0.15, 0.2) is 18.2 Å². The number of hydrogen-bond acceptors (Lipinski definition) is 4. The number of halogens is 1. The van der Waals surface area contributed by atoms with Gasteiger partial charge in [0, 0.05) is 12.1 Å². The molecule has 0 aliphatic rings. The molecule has 0 heterocycles. The number of aromatic hydroxyl groups is 2. The number of nitrogens with two attached hydrogens (primary N) is 2. The second kappa shape index (κ2) is 6.50. The molecule has 0 saturated heterocycles. The Morgan fingerprint density at radius 2 is 1.67 bits per heavy atom. The van der Waals surface area contributed by atoms with Gasteiger partial charge in [0.05, 0.1) is 0 Å². The van der Waals surface area contributed by atoms with Crippen LogP contribution in [0.3, 0.4) is 0 Å². The van der Waals surface area contributed by atoms with E-state index in [0.29, 0.717) is 6.54 Å². The van der Waals surface area contributed by atoms with Gasteiger partial charge in [-0.05, 0) is 37.1 Å². The molecule has 0 bridgehead atoms. The van der Waals surface area contributed by atoms with Crippen molar-refractivity contribution in [2.75, 3.05) is 6.54 Å². The Morgan fingerprint density at radius 1 is 1.13 bits per heavy atom. The zero-order valence-electron chi connectivity index (χ0n) is 8.39. The maximum atomic E-state index is 9.23. The van der Waals surface area contributed by atoms with E-state index < -0.39 is 0 Å². The van der Waals surface area contributed by atoms with E-state index in [1.54, 1.807) is 12.1 Å². The van der Waals surface area contributed by atoms with Crippen LogP contribution in [0.1, 0.15) is 24.4 Å². The van der Waals surface area contributed by atoms with Gasteiger partial charge in [0.25, 0.3) is 0 Å². The van der Waals surface area contributed by atoms with Crippen molar-refractivity contribution in [3.63, 3.8) is 0 Å². The van der Waals surface area contributed by atoms with Crippen LogP contribution in [0.5, 0.6) is 11.5 Å². The molecule has 0 fully saturated rings. The van der Waals surface area contributed by atoms with E-state index >= 15 is 0 Å². The van der Waals surface area contributed by atoms with Gasteiger partial charge in [-0.15, -0.1) is 12.4 Å². The average molecular weight is 233 g/mol. The van der Waals surface area contributed by atoms with Crippen LogP contribution in [-0.4, -0.2) is 16.8 Å². The topological polar surface area (TPSA) is 92.5 Å². The van der Waals surface area contributed by atoms with E-state index in [-0.39, 0.29) is 29.9 Å². The van der Waals surface area contributed by atoms with Gasteiger partial charge >= 0.3 is 0 Å². The van der Waals surface area contributed by atoms with Crippen molar-refractivity contribution in [3.05, 3.63) is 23.8 Å². The number of phenolic OH excluding ortho intramolecular Hbond substituents is 2. The van der Waals surface area contributed by atoms with Crippen LogP contribution < -0.4 is 11.5 Å². The minimum Gasteiger partial charge on any atom is -0.508 e. The van der Waals surface area contributed by atoms with Crippen LogP contribution >= 0.6 is 12.4 Å². The lowest BCUT2D eigenvalue weighted by Crippen LogP contribution is -2.12. The lowest BCUT2D eigenvalue weighted by atomic mass is 10.0. The molecule has 0 saturated carbocycles. The van der Waals surface area contributed by atoms with Crippen LogP contribution in [-0.2, 0) is 0 Å². The van der Waals surface area contributed by atoms with Crippen molar-refractivity contribution >= 4 is 12.4 Å². The van der Waals surface area contributed by atoms with Gasteiger partial charge in [-0.25, -0.2) is 0 Å². The smallest absolute Gasteiger partial charge is 0.119 e. The summed E-state index contributed by atoms with van der Waals surface area (Å²) in [4.78, 5) is 0. The van der Waals surface area contributed by atoms with Crippen molar-refractivity contribution in [2.24, 2.45) is 11.5 Å². The summed E-state index contributed by atoms with van der Waals surface area (Å²) in [6.45, 7) is 0.596. The summed E-state index contributed by atoms with van der Waals surface area (Å²) in [5.41, 5.74) is 11.9. The lowest BCUT2D eigenvalue weighted by molar-refractivity contribution is 0.447. The molecule has 0 aliphatic heterocycles. The first-order chi connectivity index (χ1) is 6.63. The molecule has 6 N–H and O–H groups in total. The van der Waals surface area contributed by atoms with Crippen molar-refractivity contribution in [1.29, 1.82) is 0 Å². The highest BCUT2D eigenvalue weighted by Gasteiger charge is 2.07. The Bertz CT molecular complexity index is 287. The van der Waals surface area contributed by atoms with Gasteiger partial charge in [-0.2, -0.15) is 0 Å². The highest BCUT2D eigenvalue weighted by Crippen LogP contribution is 2.25. The quantitative estimate of drug-likeness (QED) is 0.629. The monoisotopic (exact) mass is 232 g/mol. The van der Waals surface area contributed by atoms with Gasteiger partial charge in [-0.3, -0.25) is 0 Å². The lowest BCUT2D eigenvalue weighted by Gasteiger charge is -2.11. The molecule has 0 spiro atoms.